The Morgan fingerprint density at radius 1 is 1.12 bits per heavy atom. The first-order valence-corrected chi connectivity index (χ1v) is 11.3. The van der Waals surface area contributed by atoms with E-state index >= 15 is 0 Å². The summed E-state index contributed by atoms with van der Waals surface area (Å²) in [5.74, 6) is 1.29. The minimum Gasteiger partial charge on any atom is -0.309 e. The molecule has 8 heteroatoms. The van der Waals surface area contributed by atoms with Gasteiger partial charge in [0.15, 0.2) is 11.6 Å². The van der Waals surface area contributed by atoms with Crippen molar-refractivity contribution in [1.82, 2.24) is 19.7 Å². The van der Waals surface area contributed by atoms with Gasteiger partial charge in [-0.05, 0) is 43.5 Å². The molecule has 3 aromatic heterocycles. The predicted molar refractivity (Wildman–Crippen MR) is 122 cm³/mol. The second-order valence-corrected chi connectivity index (χ2v) is 9.18. The number of fused-ring (bicyclic) bond motifs is 1. The first kappa shape index (κ1) is 19.1. The molecule has 0 atom stereocenters. The van der Waals surface area contributed by atoms with E-state index in [-0.39, 0.29) is 11.7 Å². The molecular weight excluding hydrogens is 422 g/mol. The lowest BCUT2D eigenvalue weighted by Gasteiger charge is -2.16. The van der Waals surface area contributed by atoms with Crippen molar-refractivity contribution in [3.63, 3.8) is 0 Å². The zero-order valence-corrected chi connectivity index (χ0v) is 18.2. The lowest BCUT2D eigenvalue weighted by Crippen LogP contribution is -2.24. The molecule has 7 nitrogen and oxygen atoms in total. The molecule has 0 spiro atoms. The van der Waals surface area contributed by atoms with Crippen LogP contribution in [0.5, 0.6) is 0 Å². The maximum atomic E-state index is 13.2. The van der Waals surface area contributed by atoms with E-state index in [1.165, 1.54) is 11.3 Å². The van der Waals surface area contributed by atoms with Crippen molar-refractivity contribution in [2.24, 2.45) is 0 Å². The Morgan fingerprint density at radius 3 is 2.75 bits per heavy atom. The molecule has 0 bridgehead atoms. The molecule has 32 heavy (non-hydrogen) atoms. The third-order valence-corrected chi connectivity index (χ3v) is 7.10. The Bertz CT molecular complexity index is 1380. The molecule has 1 amide bonds. The monoisotopic (exact) mass is 441 g/mol. The van der Waals surface area contributed by atoms with Crippen LogP contribution in [0.2, 0.25) is 0 Å². The molecule has 0 radical (unpaired) electrons. The number of carbonyl (C=O) groups is 2. The molecular formula is C24H19N5O2S. The minimum absolute atomic E-state index is 0.0159. The molecule has 1 fully saturated rings. The number of ketones is 1. The summed E-state index contributed by atoms with van der Waals surface area (Å²) in [6, 6.07) is 15.6. The van der Waals surface area contributed by atoms with Crippen LogP contribution in [0.4, 0.5) is 5.82 Å². The lowest BCUT2D eigenvalue weighted by molar-refractivity contribution is 0.0995. The molecule has 1 aliphatic heterocycles. The Morgan fingerprint density at radius 2 is 1.97 bits per heavy atom. The molecule has 0 saturated heterocycles. The second kappa shape index (κ2) is 7.20. The number of Topliss-reactive ketones (excluding diaryl/α,β-unsaturated/α-hetero) is 1. The quantitative estimate of drug-likeness (QED) is 0.417. The summed E-state index contributed by atoms with van der Waals surface area (Å²) in [7, 11) is 0. The molecule has 2 aliphatic rings. The molecule has 1 saturated carbocycles. The normalized spacial score (nSPS) is 15.3. The smallest absolute Gasteiger partial charge is 0.270 e. The van der Waals surface area contributed by atoms with Gasteiger partial charge in [0.05, 0.1) is 11.4 Å². The highest BCUT2D eigenvalue weighted by molar-refractivity contribution is 7.17. The van der Waals surface area contributed by atoms with Gasteiger partial charge in [0.25, 0.3) is 5.91 Å². The van der Waals surface area contributed by atoms with Crippen LogP contribution < -0.4 is 4.90 Å². The summed E-state index contributed by atoms with van der Waals surface area (Å²) in [6.07, 6.45) is 4.01. The summed E-state index contributed by atoms with van der Waals surface area (Å²) < 4.78 is 2.06. The Kier molecular flexibility index (Phi) is 4.29. The van der Waals surface area contributed by atoms with Crippen LogP contribution in [-0.2, 0) is 6.54 Å². The van der Waals surface area contributed by atoms with Crippen LogP contribution >= 0.6 is 11.3 Å². The largest absolute Gasteiger partial charge is 0.309 e. The zero-order chi connectivity index (χ0) is 21.8. The van der Waals surface area contributed by atoms with E-state index in [0.717, 1.165) is 34.7 Å². The highest BCUT2D eigenvalue weighted by atomic mass is 32.1. The molecule has 4 heterocycles. The summed E-state index contributed by atoms with van der Waals surface area (Å²) in [4.78, 5) is 33.3. The Labute approximate surface area is 188 Å². The van der Waals surface area contributed by atoms with Crippen molar-refractivity contribution in [1.29, 1.82) is 0 Å². The molecule has 1 aromatic carbocycles. The maximum Gasteiger partial charge on any atom is 0.270 e. The van der Waals surface area contributed by atoms with E-state index in [2.05, 4.69) is 14.8 Å². The van der Waals surface area contributed by atoms with Crippen LogP contribution in [0.25, 0.3) is 22.0 Å². The van der Waals surface area contributed by atoms with Gasteiger partial charge >= 0.3 is 0 Å². The standard InChI is InChI=1S/C24H19N5O2S/c1-14(30)17-5-2-3-6-18(17)20-11-15-12-28(24(31)22(15)32-20)21-8-4-7-19(26-21)23-27-25-13-29(23)16-9-10-16/h2-8,11,13,16H,9-10,12H2,1H3. The number of hydrogen-bond donors (Lipinski definition) is 0. The molecule has 4 aromatic rings. The Hall–Kier alpha value is -3.65. The first-order chi connectivity index (χ1) is 15.6. The van der Waals surface area contributed by atoms with Crippen LogP contribution in [0.1, 0.15) is 51.4 Å². The van der Waals surface area contributed by atoms with E-state index in [4.69, 9.17) is 4.98 Å². The van der Waals surface area contributed by atoms with Gasteiger partial charge in [-0.15, -0.1) is 21.5 Å². The molecule has 158 valence electrons. The van der Waals surface area contributed by atoms with Gasteiger partial charge in [0.1, 0.15) is 17.8 Å². The second-order valence-electron chi connectivity index (χ2n) is 8.13. The number of thiophene rings is 1. The molecule has 6 rings (SSSR count). The topological polar surface area (TPSA) is 81.0 Å². The zero-order valence-electron chi connectivity index (χ0n) is 17.4. The van der Waals surface area contributed by atoms with E-state index in [0.29, 0.717) is 34.5 Å². The van der Waals surface area contributed by atoms with Crippen molar-refractivity contribution in [3.05, 3.63) is 70.9 Å². The van der Waals surface area contributed by atoms with Crippen molar-refractivity contribution in [2.75, 3.05) is 4.90 Å². The van der Waals surface area contributed by atoms with Crippen molar-refractivity contribution < 1.29 is 9.59 Å². The van der Waals surface area contributed by atoms with Crippen LogP contribution in [0.3, 0.4) is 0 Å². The fourth-order valence-corrected chi connectivity index (χ4v) is 5.32. The number of nitrogens with zero attached hydrogens (tertiary/aromatic N) is 5. The Balaban J connectivity index is 1.31. The SMILES string of the molecule is CC(=O)c1ccccc1-c1cc2c(s1)C(=O)N(c1cccc(-c3nncn3C3CC3)n1)C2. The van der Waals surface area contributed by atoms with E-state index in [1.807, 2.05) is 48.5 Å². The van der Waals surface area contributed by atoms with E-state index < -0.39 is 0 Å². The van der Waals surface area contributed by atoms with Crippen molar-refractivity contribution in [2.45, 2.75) is 32.4 Å². The van der Waals surface area contributed by atoms with Gasteiger partial charge in [-0.3, -0.25) is 14.5 Å². The molecule has 1 aliphatic carbocycles. The summed E-state index contributed by atoms with van der Waals surface area (Å²) in [5, 5.41) is 8.31. The van der Waals surface area contributed by atoms with Crippen molar-refractivity contribution in [3.8, 4) is 22.0 Å². The number of benzene rings is 1. The lowest BCUT2D eigenvalue weighted by atomic mass is 10.0. The average molecular weight is 442 g/mol. The number of aromatic nitrogens is 4. The fourth-order valence-electron chi connectivity index (χ4n) is 4.16. The highest BCUT2D eigenvalue weighted by Gasteiger charge is 2.33. The molecule has 0 unspecified atom stereocenters. The van der Waals surface area contributed by atoms with E-state index in [1.54, 1.807) is 18.2 Å². The van der Waals surface area contributed by atoms with Gasteiger partial charge in [-0.1, -0.05) is 30.3 Å². The van der Waals surface area contributed by atoms with Crippen molar-refractivity contribution >= 4 is 28.8 Å². The van der Waals surface area contributed by atoms with Gasteiger partial charge in [0, 0.05) is 22.0 Å². The average Bonchev–Trinajstić information content (AvgIpc) is 3.25. The summed E-state index contributed by atoms with van der Waals surface area (Å²) in [5.41, 5.74) is 3.22. The van der Waals surface area contributed by atoms with Crippen LogP contribution in [0, 0.1) is 0 Å². The fraction of sp³-hybridized carbons (Fsp3) is 0.208. The van der Waals surface area contributed by atoms with Gasteiger partial charge in [-0.25, -0.2) is 4.98 Å². The number of carbonyl (C=O) groups excluding carboxylic acids is 2. The van der Waals surface area contributed by atoms with Crippen LogP contribution in [-0.4, -0.2) is 31.4 Å². The third kappa shape index (κ3) is 3.06. The summed E-state index contributed by atoms with van der Waals surface area (Å²) >= 11 is 1.43. The van der Waals surface area contributed by atoms with Crippen LogP contribution in [0.15, 0.2) is 54.9 Å². The number of amides is 1. The van der Waals surface area contributed by atoms with Gasteiger partial charge < -0.3 is 4.57 Å². The number of rotatable bonds is 5. The molecule has 0 N–H and O–H groups in total. The maximum absolute atomic E-state index is 13.2. The number of anilines is 1. The number of pyridine rings is 1. The van der Waals surface area contributed by atoms with Gasteiger partial charge in [0.2, 0.25) is 0 Å². The van der Waals surface area contributed by atoms with Gasteiger partial charge in [-0.2, -0.15) is 0 Å². The third-order valence-electron chi connectivity index (χ3n) is 5.90. The number of hydrogen-bond acceptors (Lipinski definition) is 6. The minimum atomic E-state index is -0.0649. The predicted octanol–water partition coefficient (Wildman–Crippen LogP) is 4.77. The summed E-state index contributed by atoms with van der Waals surface area (Å²) in [6.45, 7) is 2.02. The first-order valence-electron chi connectivity index (χ1n) is 10.5. The highest BCUT2D eigenvalue weighted by Crippen LogP contribution is 2.40. The van der Waals surface area contributed by atoms with E-state index in [9.17, 15) is 9.59 Å².